The predicted octanol–water partition coefficient (Wildman–Crippen LogP) is 9.16. The zero-order valence-corrected chi connectivity index (χ0v) is 23.1. The molecule has 0 saturated carbocycles. The maximum Gasteiger partial charge on any atom is 0.123 e. The molecule has 0 radical (unpaired) electrons. The molecule has 3 aromatic carbocycles. The second-order valence-corrected chi connectivity index (χ2v) is 13.1. The lowest BCUT2D eigenvalue weighted by atomic mass is 9.72. The lowest BCUT2D eigenvalue weighted by Crippen LogP contribution is -2.24. The molecule has 2 aliphatic rings. The van der Waals surface area contributed by atoms with E-state index in [-0.39, 0.29) is 10.8 Å². The summed E-state index contributed by atoms with van der Waals surface area (Å²) >= 11 is 3.42. The molecule has 0 fully saturated rings. The quantitative estimate of drug-likeness (QED) is 0.239. The first-order chi connectivity index (χ1) is 17.2. The number of aromatic nitrogens is 2. The molecule has 0 unspecified atom stereocenters. The molecule has 5 aromatic rings. The third-order valence-electron chi connectivity index (χ3n) is 8.37. The molecule has 178 valence electrons. The van der Waals surface area contributed by atoms with Gasteiger partial charge in [0.25, 0.3) is 0 Å². The third-order valence-corrected chi connectivity index (χ3v) is 10.0. The normalized spacial score (nSPS) is 15.9. The van der Waals surface area contributed by atoms with Crippen molar-refractivity contribution in [2.45, 2.75) is 52.4 Å². The highest BCUT2D eigenvalue weighted by molar-refractivity contribution is 7.13. The van der Waals surface area contributed by atoms with Crippen molar-refractivity contribution < 1.29 is 0 Å². The van der Waals surface area contributed by atoms with Crippen LogP contribution in [-0.4, -0.2) is 9.97 Å². The van der Waals surface area contributed by atoms with Crippen molar-refractivity contribution in [3.8, 4) is 43.4 Å². The van der Waals surface area contributed by atoms with E-state index >= 15 is 0 Å². The number of nitrogens with zero attached hydrogens (tertiary/aromatic N) is 2. The molecular weight excluding hydrogens is 477 g/mol. The van der Waals surface area contributed by atoms with Crippen LogP contribution in [0.2, 0.25) is 0 Å². The number of thiazole rings is 2. The first-order valence-corrected chi connectivity index (χ1v) is 14.2. The van der Waals surface area contributed by atoms with Gasteiger partial charge in [-0.2, -0.15) is 0 Å². The summed E-state index contributed by atoms with van der Waals surface area (Å²) in [5, 5.41) is 6.31. The van der Waals surface area contributed by atoms with Crippen molar-refractivity contribution in [3.05, 3.63) is 92.9 Å². The maximum atomic E-state index is 4.61. The molecule has 2 nitrogen and oxygen atoms in total. The minimum Gasteiger partial charge on any atom is -0.245 e. The lowest BCUT2D eigenvalue weighted by Gasteiger charge is -2.31. The van der Waals surface area contributed by atoms with Crippen molar-refractivity contribution >= 4 is 22.7 Å². The van der Waals surface area contributed by atoms with Crippen molar-refractivity contribution in [1.29, 1.82) is 0 Å². The van der Waals surface area contributed by atoms with Crippen LogP contribution in [0.4, 0.5) is 0 Å². The Morgan fingerprint density at radius 3 is 1.39 bits per heavy atom. The van der Waals surface area contributed by atoms with Crippen molar-refractivity contribution in [2.75, 3.05) is 0 Å². The van der Waals surface area contributed by atoms with Gasteiger partial charge >= 0.3 is 0 Å². The Morgan fingerprint density at radius 2 is 1.03 bits per heavy atom. The second kappa shape index (κ2) is 7.24. The van der Waals surface area contributed by atoms with Gasteiger partial charge < -0.3 is 0 Å². The molecule has 2 aliphatic carbocycles. The van der Waals surface area contributed by atoms with Gasteiger partial charge in [0.1, 0.15) is 10.0 Å². The van der Waals surface area contributed by atoms with Crippen LogP contribution in [0.15, 0.2) is 59.6 Å². The summed E-state index contributed by atoms with van der Waals surface area (Å²) < 4.78 is 0. The first-order valence-electron chi connectivity index (χ1n) is 12.5. The van der Waals surface area contributed by atoms with Gasteiger partial charge in [-0.3, -0.25) is 0 Å². The number of fused-ring (bicyclic) bond motifs is 7. The fourth-order valence-electron chi connectivity index (χ4n) is 6.84. The molecule has 0 saturated heterocycles. The Balaban J connectivity index is 1.49. The number of aryl methyl sites for hydroxylation is 2. The molecule has 0 spiro atoms. The van der Waals surface area contributed by atoms with Gasteiger partial charge in [0.05, 0.1) is 0 Å². The predicted molar refractivity (Wildman–Crippen MR) is 153 cm³/mol. The molecule has 0 atom stereocenters. The van der Waals surface area contributed by atoms with Gasteiger partial charge in [-0.15, -0.1) is 22.7 Å². The highest BCUT2D eigenvalue weighted by Gasteiger charge is 2.46. The van der Waals surface area contributed by atoms with Gasteiger partial charge in [0.15, 0.2) is 0 Å². The van der Waals surface area contributed by atoms with Gasteiger partial charge in [-0.1, -0.05) is 39.8 Å². The average molecular weight is 505 g/mol. The smallest absolute Gasteiger partial charge is 0.123 e. The van der Waals surface area contributed by atoms with Crippen LogP contribution in [0.25, 0.3) is 43.4 Å². The highest BCUT2D eigenvalue weighted by atomic mass is 32.1. The van der Waals surface area contributed by atoms with E-state index in [1.54, 1.807) is 22.7 Å². The third kappa shape index (κ3) is 2.77. The lowest BCUT2D eigenvalue weighted by molar-refractivity contribution is 0.601. The monoisotopic (exact) mass is 504 g/mol. The van der Waals surface area contributed by atoms with Crippen molar-refractivity contribution in [2.24, 2.45) is 0 Å². The first kappa shape index (κ1) is 22.1. The zero-order chi connectivity index (χ0) is 25.0. The van der Waals surface area contributed by atoms with E-state index in [4.69, 9.17) is 0 Å². The fourth-order valence-corrected chi connectivity index (χ4v) is 8.09. The molecular formula is C32H28N2S2. The summed E-state index contributed by atoms with van der Waals surface area (Å²) in [6.45, 7) is 14.2. The van der Waals surface area contributed by atoms with E-state index < -0.39 is 0 Å². The maximum absolute atomic E-state index is 4.61. The topological polar surface area (TPSA) is 25.8 Å². The van der Waals surface area contributed by atoms with Crippen LogP contribution in [0.5, 0.6) is 0 Å². The second-order valence-electron chi connectivity index (χ2n) is 11.3. The number of rotatable bonds is 2. The molecule has 2 aromatic heterocycles. The van der Waals surface area contributed by atoms with Crippen LogP contribution in [0, 0.1) is 13.8 Å². The Hall–Kier alpha value is -3.08. The minimum atomic E-state index is -0.0978. The SMILES string of the molecule is Cc1cc(-c2nccs2)cc2c1-c1ccc3c(c1C2(C)C)C(C)(C)c1cc(-c2nccs2)cc(C)c1-3. The summed E-state index contributed by atoms with van der Waals surface area (Å²) in [5.74, 6) is 0. The molecule has 0 bridgehead atoms. The standard InChI is InChI=1S/C32H28N2S2/c1-17-13-19(29-33-9-11-35-29)15-23-25(17)21-7-8-22-26-18(2)14-20(30-34-10-12-36-30)16-24(26)32(5,6)28(22)27(21)31(23,3)4/h7-16H,1-6H3. The summed E-state index contributed by atoms with van der Waals surface area (Å²) in [4.78, 5) is 9.22. The van der Waals surface area contributed by atoms with Gasteiger partial charge in [0, 0.05) is 45.1 Å². The Labute approximate surface area is 220 Å². The summed E-state index contributed by atoms with van der Waals surface area (Å²) in [5.41, 5.74) is 16.4. The van der Waals surface area contributed by atoms with Gasteiger partial charge in [-0.05, 0) is 93.7 Å². The van der Waals surface area contributed by atoms with Crippen LogP contribution < -0.4 is 0 Å². The zero-order valence-electron chi connectivity index (χ0n) is 21.5. The van der Waals surface area contributed by atoms with Gasteiger partial charge in [-0.25, -0.2) is 9.97 Å². The number of hydrogen-bond acceptors (Lipinski definition) is 4. The van der Waals surface area contributed by atoms with E-state index in [2.05, 4.69) is 98.7 Å². The molecule has 36 heavy (non-hydrogen) atoms. The molecule has 0 N–H and O–H groups in total. The Kier molecular flexibility index (Phi) is 4.45. The Morgan fingerprint density at radius 1 is 0.611 bits per heavy atom. The van der Waals surface area contributed by atoms with Crippen LogP contribution in [0.3, 0.4) is 0 Å². The number of hydrogen-bond donors (Lipinski definition) is 0. The van der Waals surface area contributed by atoms with E-state index in [0.29, 0.717) is 0 Å². The molecule has 0 amide bonds. The largest absolute Gasteiger partial charge is 0.245 e. The minimum absolute atomic E-state index is 0.0978. The van der Waals surface area contributed by atoms with E-state index in [1.807, 2.05) is 12.4 Å². The van der Waals surface area contributed by atoms with E-state index in [1.165, 1.54) is 66.8 Å². The van der Waals surface area contributed by atoms with Crippen LogP contribution in [-0.2, 0) is 10.8 Å². The van der Waals surface area contributed by atoms with Gasteiger partial charge in [0.2, 0.25) is 0 Å². The van der Waals surface area contributed by atoms with E-state index in [9.17, 15) is 0 Å². The van der Waals surface area contributed by atoms with E-state index in [0.717, 1.165) is 10.0 Å². The van der Waals surface area contributed by atoms with Crippen LogP contribution in [0.1, 0.15) is 61.1 Å². The fraction of sp³-hybridized carbons (Fsp3) is 0.250. The van der Waals surface area contributed by atoms with Crippen LogP contribution >= 0.6 is 22.7 Å². The summed E-state index contributed by atoms with van der Waals surface area (Å²) in [6.07, 6.45) is 3.80. The molecule has 2 heterocycles. The summed E-state index contributed by atoms with van der Waals surface area (Å²) in [7, 11) is 0. The molecule has 4 heteroatoms. The van der Waals surface area contributed by atoms with Crippen molar-refractivity contribution in [1.82, 2.24) is 9.97 Å². The number of benzene rings is 3. The summed E-state index contributed by atoms with van der Waals surface area (Å²) in [6, 6.07) is 14.2. The van der Waals surface area contributed by atoms with Crippen molar-refractivity contribution in [3.63, 3.8) is 0 Å². The highest BCUT2D eigenvalue weighted by Crippen LogP contribution is 2.60. The average Bonchev–Trinajstić information content (AvgIpc) is 3.62. The Bertz CT molecular complexity index is 1560. The molecule has 0 aliphatic heterocycles. The molecule has 7 rings (SSSR count).